The average molecular weight is 250 g/mol. The van der Waals surface area contributed by atoms with Gasteiger partial charge in [-0.05, 0) is 24.6 Å². The zero-order chi connectivity index (χ0) is 13.1. The Balaban J connectivity index is 2.05. The highest BCUT2D eigenvalue weighted by atomic mass is 16.5. The van der Waals surface area contributed by atoms with Crippen molar-refractivity contribution in [2.24, 2.45) is 5.92 Å². The monoisotopic (exact) mass is 250 g/mol. The number of benzene rings is 1. The van der Waals surface area contributed by atoms with Crippen LogP contribution in [0.2, 0.25) is 0 Å². The maximum atomic E-state index is 12.2. The van der Waals surface area contributed by atoms with Gasteiger partial charge in [-0.2, -0.15) is 0 Å². The highest BCUT2D eigenvalue weighted by molar-refractivity contribution is 5.95. The highest BCUT2D eigenvalue weighted by Crippen LogP contribution is 2.24. The van der Waals surface area contributed by atoms with Gasteiger partial charge in [0.05, 0.1) is 12.3 Å². The molecule has 18 heavy (non-hydrogen) atoms. The summed E-state index contributed by atoms with van der Waals surface area (Å²) < 4.78 is 5.10. The van der Waals surface area contributed by atoms with Gasteiger partial charge in [0.15, 0.2) is 0 Å². The van der Waals surface area contributed by atoms with Gasteiger partial charge in [0.1, 0.15) is 5.75 Å². The van der Waals surface area contributed by atoms with Crippen LogP contribution < -0.4 is 5.73 Å². The van der Waals surface area contributed by atoms with Gasteiger partial charge in [0, 0.05) is 31.7 Å². The van der Waals surface area contributed by atoms with Crippen LogP contribution in [0.25, 0.3) is 0 Å². The number of hydrogen-bond acceptors (Lipinski definition) is 4. The van der Waals surface area contributed by atoms with E-state index in [9.17, 15) is 9.90 Å². The minimum Gasteiger partial charge on any atom is -0.506 e. The Bertz CT molecular complexity index is 448. The zero-order valence-corrected chi connectivity index (χ0v) is 10.4. The van der Waals surface area contributed by atoms with Crippen LogP contribution in [0.1, 0.15) is 16.8 Å². The molecule has 3 N–H and O–H groups in total. The first-order chi connectivity index (χ1) is 8.61. The quantitative estimate of drug-likeness (QED) is 0.622. The van der Waals surface area contributed by atoms with Crippen LogP contribution >= 0.6 is 0 Å². The van der Waals surface area contributed by atoms with Gasteiger partial charge in [-0.3, -0.25) is 4.79 Å². The van der Waals surface area contributed by atoms with E-state index in [1.807, 2.05) is 0 Å². The molecule has 0 aromatic heterocycles. The van der Waals surface area contributed by atoms with Gasteiger partial charge in [0.2, 0.25) is 0 Å². The number of anilines is 1. The van der Waals surface area contributed by atoms with E-state index in [4.69, 9.17) is 10.5 Å². The molecule has 1 saturated heterocycles. The minimum atomic E-state index is -0.0658. The molecule has 0 aliphatic carbocycles. The van der Waals surface area contributed by atoms with Crippen LogP contribution in [0, 0.1) is 5.92 Å². The number of aromatic hydroxyl groups is 1. The molecule has 2 rings (SSSR count). The molecule has 0 bridgehead atoms. The number of hydrogen-bond donors (Lipinski definition) is 2. The van der Waals surface area contributed by atoms with Crippen molar-refractivity contribution in [1.82, 2.24) is 4.90 Å². The third kappa shape index (κ3) is 2.56. The van der Waals surface area contributed by atoms with Crippen LogP contribution in [0.3, 0.4) is 0 Å². The second-order valence-corrected chi connectivity index (χ2v) is 4.63. The number of phenolic OH excluding ortho intramolecular Hbond substituents is 1. The number of nitrogens with zero attached hydrogens (tertiary/aromatic N) is 1. The zero-order valence-electron chi connectivity index (χ0n) is 10.4. The molecular weight excluding hydrogens is 232 g/mol. The smallest absolute Gasteiger partial charge is 0.254 e. The molecule has 1 aliphatic heterocycles. The Kier molecular flexibility index (Phi) is 3.72. The van der Waals surface area contributed by atoms with Crippen LogP contribution in [-0.2, 0) is 4.74 Å². The van der Waals surface area contributed by atoms with E-state index < -0.39 is 0 Å². The van der Waals surface area contributed by atoms with E-state index >= 15 is 0 Å². The molecule has 0 saturated carbocycles. The van der Waals surface area contributed by atoms with Crippen molar-refractivity contribution in [3.63, 3.8) is 0 Å². The van der Waals surface area contributed by atoms with Crippen LogP contribution in [-0.4, -0.2) is 42.7 Å². The topological polar surface area (TPSA) is 75.8 Å². The van der Waals surface area contributed by atoms with Crippen molar-refractivity contribution < 1.29 is 14.6 Å². The molecule has 1 heterocycles. The summed E-state index contributed by atoms with van der Waals surface area (Å²) in [7, 11) is 1.67. The van der Waals surface area contributed by atoms with Crippen molar-refractivity contribution in [1.29, 1.82) is 0 Å². The maximum absolute atomic E-state index is 12.2. The van der Waals surface area contributed by atoms with E-state index in [0.717, 1.165) is 13.0 Å². The normalized spacial score (nSPS) is 19.2. The largest absolute Gasteiger partial charge is 0.506 e. The number of nitrogen functional groups attached to an aromatic ring is 1. The number of ether oxygens (including phenoxy) is 1. The number of methoxy groups -OCH3 is 1. The van der Waals surface area contributed by atoms with Crippen molar-refractivity contribution in [3.05, 3.63) is 23.8 Å². The number of nitrogens with two attached hydrogens (primary N) is 1. The SMILES string of the molecule is COCC1CCN(C(=O)c2ccc(N)c(O)c2)C1. The second-order valence-electron chi connectivity index (χ2n) is 4.63. The molecule has 1 fully saturated rings. The summed E-state index contributed by atoms with van der Waals surface area (Å²) in [5, 5.41) is 9.51. The number of phenols is 1. The lowest BCUT2D eigenvalue weighted by Gasteiger charge is -2.16. The van der Waals surface area contributed by atoms with Gasteiger partial charge >= 0.3 is 0 Å². The molecule has 5 heteroatoms. The minimum absolute atomic E-state index is 0.0477. The van der Waals surface area contributed by atoms with Gasteiger partial charge in [0.25, 0.3) is 5.91 Å². The van der Waals surface area contributed by atoms with Crippen LogP contribution in [0.15, 0.2) is 18.2 Å². The highest BCUT2D eigenvalue weighted by Gasteiger charge is 2.27. The van der Waals surface area contributed by atoms with Crippen LogP contribution in [0.4, 0.5) is 5.69 Å². The first-order valence-electron chi connectivity index (χ1n) is 5.98. The lowest BCUT2D eigenvalue weighted by atomic mass is 10.1. The van der Waals surface area contributed by atoms with Crippen molar-refractivity contribution in [2.45, 2.75) is 6.42 Å². The Morgan fingerprint density at radius 2 is 2.39 bits per heavy atom. The fourth-order valence-corrected chi connectivity index (χ4v) is 2.25. The summed E-state index contributed by atoms with van der Waals surface area (Å²) in [5.41, 5.74) is 6.27. The number of likely N-dealkylation sites (tertiary alicyclic amines) is 1. The Morgan fingerprint density at radius 3 is 3.06 bits per heavy atom. The predicted octanol–water partition coefficient (Wildman–Crippen LogP) is 1.08. The molecule has 1 aromatic carbocycles. The molecule has 0 radical (unpaired) electrons. The third-order valence-electron chi connectivity index (χ3n) is 3.25. The predicted molar refractivity (Wildman–Crippen MR) is 68.4 cm³/mol. The van der Waals surface area contributed by atoms with Gasteiger partial charge in [-0.25, -0.2) is 0 Å². The summed E-state index contributed by atoms with van der Waals surface area (Å²) in [6.07, 6.45) is 0.959. The summed E-state index contributed by atoms with van der Waals surface area (Å²) in [6.45, 7) is 2.12. The standard InChI is InChI=1S/C13H18N2O3/c1-18-8-9-4-5-15(7-9)13(17)10-2-3-11(14)12(16)6-10/h2-3,6,9,16H,4-5,7-8,14H2,1H3. The summed E-state index contributed by atoms with van der Waals surface area (Å²) >= 11 is 0. The average Bonchev–Trinajstić information content (AvgIpc) is 2.81. The Morgan fingerprint density at radius 1 is 1.61 bits per heavy atom. The lowest BCUT2D eigenvalue weighted by Crippen LogP contribution is -2.29. The van der Waals surface area contributed by atoms with E-state index in [-0.39, 0.29) is 17.3 Å². The number of rotatable bonds is 3. The first-order valence-corrected chi connectivity index (χ1v) is 5.98. The van der Waals surface area contributed by atoms with E-state index in [1.165, 1.54) is 6.07 Å². The van der Waals surface area contributed by atoms with Crippen LogP contribution in [0.5, 0.6) is 5.75 Å². The summed E-state index contributed by atoms with van der Waals surface area (Å²) in [5.74, 6) is 0.290. The van der Waals surface area contributed by atoms with Crippen molar-refractivity contribution in [2.75, 3.05) is 32.5 Å². The molecule has 1 unspecified atom stereocenters. The number of amides is 1. The van der Waals surface area contributed by atoms with E-state index in [2.05, 4.69) is 0 Å². The lowest BCUT2D eigenvalue weighted by molar-refractivity contribution is 0.0775. The molecule has 1 aromatic rings. The van der Waals surface area contributed by atoms with E-state index in [0.29, 0.717) is 24.6 Å². The molecule has 1 atom stereocenters. The number of carbonyl (C=O) groups excluding carboxylic acids is 1. The van der Waals surface area contributed by atoms with Gasteiger partial charge in [-0.1, -0.05) is 0 Å². The third-order valence-corrected chi connectivity index (χ3v) is 3.25. The van der Waals surface area contributed by atoms with Crippen molar-refractivity contribution >= 4 is 11.6 Å². The van der Waals surface area contributed by atoms with Crippen molar-refractivity contribution in [3.8, 4) is 5.75 Å². The Hall–Kier alpha value is -1.75. The molecule has 0 spiro atoms. The Labute approximate surface area is 106 Å². The number of carbonyl (C=O) groups is 1. The summed E-state index contributed by atoms with van der Waals surface area (Å²) in [6, 6.07) is 4.60. The maximum Gasteiger partial charge on any atom is 0.254 e. The van der Waals surface area contributed by atoms with Gasteiger partial charge < -0.3 is 20.5 Å². The summed E-state index contributed by atoms with van der Waals surface area (Å²) in [4.78, 5) is 14.0. The molecule has 98 valence electrons. The molecule has 1 aliphatic rings. The van der Waals surface area contributed by atoms with E-state index in [1.54, 1.807) is 24.1 Å². The molecule has 5 nitrogen and oxygen atoms in total. The first kappa shape index (κ1) is 12.7. The van der Waals surface area contributed by atoms with Gasteiger partial charge in [-0.15, -0.1) is 0 Å². The molecular formula is C13H18N2O3. The second kappa shape index (κ2) is 5.27. The fraction of sp³-hybridized carbons (Fsp3) is 0.462. The fourth-order valence-electron chi connectivity index (χ4n) is 2.25. The molecule has 1 amide bonds.